The summed E-state index contributed by atoms with van der Waals surface area (Å²) in [4.78, 5) is 2.20. The minimum atomic E-state index is 0.356. The van der Waals surface area contributed by atoms with E-state index in [4.69, 9.17) is 16.3 Å². The molecule has 0 N–H and O–H groups in total. The Balaban J connectivity index is 2.13. The van der Waals surface area contributed by atoms with Crippen molar-refractivity contribution in [3.8, 4) is 0 Å². The second kappa shape index (κ2) is 4.77. The Kier molecular flexibility index (Phi) is 3.38. The monoisotopic (exact) mass is 227 g/mol. The van der Waals surface area contributed by atoms with Crippen LogP contribution < -0.4 is 4.90 Å². The van der Waals surface area contributed by atoms with E-state index in [0.717, 1.165) is 31.3 Å². The topological polar surface area (TPSA) is 38.2 Å². The zero-order valence-electron chi connectivity index (χ0n) is 8.69. The SMILES string of the molecule is CC1COCCN1c1ccc(CCl)nn1. The zero-order valence-corrected chi connectivity index (χ0v) is 9.44. The Morgan fingerprint density at radius 1 is 1.53 bits per heavy atom. The highest BCUT2D eigenvalue weighted by molar-refractivity contribution is 6.16. The number of hydrogen-bond donors (Lipinski definition) is 0. The highest BCUT2D eigenvalue weighted by Crippen LogP contribution is 2.16. The summed E-state index contributed by atoms with van der Waals surface area (Å²) in [6.07, 6.45) is 0. The van der Waals surface area contributed by atoms with Crippen LogP contribution in [0, 0.1) is 0 Å². The number of nitrogens with zero attached hydrogens (tertiary/aromatic N) is 3. The maximum absolute atomic E-state index is 5.66. The lowest BCUT2D eigenvalue weighted by Gasteiger charge is -2.33. The van der Waals surface area contributed by atoms with Crippen LogP contribution in [0.1, 0.15) is 12.6 Å². The summed E-state index contributed by atoms with van der Waals surface area (Å²) >= 11 is 5.66. The molecule has 15 heavy (non-hydrogen) atoms. The molecule has 1 atom stereocenters. The van der Waals surface area contributed by atoms with Crippen LogP contribution in [0.4, 0.5) is 5.82 Å². The predicted octanol–water partition coefficient (Wildman–Crippen LogP) is 1.44. The van der Waals surface area contributed by atoms with Crippen molar-refractivity contribution in [1.82, 2.24) is 10.2 Å². The van der Waals surface area contributed by atoms with Crippen molar-refractivity contribution in [3.63, 3.8) is 0 Å². The highest BCUT2D eigenvalue weighted by Gasteiger charge is 2.20. The number of hydrogen-bond acceptors (Lipinski definition) is 4. The average molecular weight is 228 g/mol. The van der Waals surface area contributed by atoms with Crippen molar-refractivity contribution in [2.24, 2.45) is 0 Å². The van der Waals surface area contributed by atoms with Crippen molar-refractivity contribution in [1.29, 1.82) is 0 Å². The Morgan fingerprint density at radius 3 is 3.00 bits per heavy atom. The van der Waals surface area contributed by atoms with Gasteiger partial charge in [-0.1, -0.05) is 0 Å². The quantitative estimate of drug-likeness (QED) is 0.717. The van der Waals surface area contributed by atoms with Gasteiger partial charge in [0, 0.05) is 6.54 Å². The van der Waals surface area contributed by atoms with Gasteiger partial charge in [-0.25, -0.2) is 0 Å². The molecule has 1 unspecified atom stereocenters. The van der Waals surface area contributed by atoms with Crippen LogP contribution in [0.2, 0.25) is 0 Å². The summed E-state index contributed by atoms with van der Waals surface area (Å²) in [6, 6.07) is 4.24. The first-order valence-corrected chi connectivity index (χ1v) is 5.57. The molecule has 0 bridgehead atoms. The van der Waals surface area contributed by atoms with Gasteiger partial charge in [0.25, 0.3) is 0 Å². The molecule has 82 valence electrons. The fourth-order valence-corrected chi connectivity index (χ4v) is 1.79. The lowest BCUT2D eigenvalue weighted by Crippen LogP contribution is -2.44. The van der Waals surface area contributed by atoms with E-state index >= 15 is 0 Å². The number of rotatable bonds is 2. The molecule has 0 radical (unpaired) electrons. The molecular weight excluding hydrogens is 214 g/mol. The van der Waals surface area contributed by atoms with Crippen molar-refractivity contribution < 1.29 is 4.74 Å². The number of anilines is 1. The summed E-state index contributed by atoms with van der Waals surface area (Å²) in [5.74, 6) is 1.31. The lowest BCUT2D eigenvalue weighted by atomic mass is 10.2. The standard InChI is InChI=1S/C10H14ClN3O/c1-8-7-15-5-4-14(8)10-3-2-9(6-11)12-13-10/h2-3,8H,4-7H2,1H3. The fourth-order valence-electron chi connectivity index (χ4n) is 1.64. The predicted molar refractivity (Wildman–Crippen MR) is 59.2 cm³/mol. The molecule has 4 nitrogen and oxygen atoms in total. The van der Waals surface area contributed by atoms with Gasteiger partial charge in [-0.05, 0) is 19.1 Å². The van der Waals surface area contributed by atoms with Crippen LogP contribution >= 0.6 is 11.6 Å². The Morgan fingerprint density at radius 2 is 2.40 bits per heavy atom. The first-order valence-electron chi connectivity index (χ1n) is 5.04. The number of morpholine rings is 1. The average Bonchev–Trinajstić information content (AvgIpc) is 2.30. The van der Waals surface area contributed by atoms with Gasteiger partial charge in [0.05, 0.1) is 30.8 Å². The van der Waals surface area contributed by atoms with E-state index in [1.54, 1.807) is 0 Å². The van der Waals surface area contributed by atoms with Crippen LogP contribution in [0.5, 0.6) is 0 Å². The molecule has 1 aliphatic heterocycles. The number of aromatic nitrogens is 2. The molecule has 0 amide bonds. The molecule has 1 aliphatic rings. The van der Waals surface area contributed by atoms with Gasteiger partial charge in [-0.3, -0.25) is 0 Å². The molecular formula is C10H14ClN3O. The third kappa shape index (κ3) is 2.38. The summed E-state index contributed by atoms with van der Waals surface area (Å²) in [5, 5.41) is 8.20. The van der Waals surface area contributed by atoms with E-state index in [9.17, 15) is 0 Å². The van der Waals surface area contributed by atoms with Crippen LogP contribution in [0.15, 0.2) is 12.1 Å². The second-order valence-corrected chi connectivity index (χ2v) is 3.90. The van der Waals surface area contributed by atoms with Crippen LogP contribution in [0.3, 0.4) is 0 Å². The number of ether oxygens (including phenoxy) is 1. The molecule has 2 rings (SSSR count). The Labute approximate surface area is 94.2 Å². The van der Waals surface area contributed by atoms with Gasteiger partial charge in [0.1, 0.15) is 0 Å². The van der Waals surface area contributed by atoms with E-state index < -0.39 is 0 Å². The first kappa shape index (κ1) is 10.6. The van der Waals surface area contributed by atoms with E-state index in [-0.39, 0.29) is 0 Å². The van der Waals surface area contributed by atoms with Gasteiger partial charge in [-0.15, -0.1) is 16.7 Å². The summed E-state index contributed by atoms with van der Waals surface area (Å²) in [7, 11) is 0. The van der Waals surface area contributed by atoms with Crippen LogP contribution in [0.25, 0.3) is 0 Å². The zero-order chi connectivity index (χ0) is 10.7. The maximum Gasteiger partial charge on any atom is 0.151 e. The molecule has 1 fully saturated rings. The smallest absolute Gasteiger partial charge is 0.151 e. The fraction of sp³-hybridized carbons (Fsp3) is 0.600. The molecule has 1 saturated heterocycles. The molecule has 0 saturated carbocycles. The van der Waals surface area contributed by atoms with Crippen molar-refractivity contribution >= 4 is 17.4 Å². The maximum atomic E-state index is 5.66. The lowest BCUT2D eigenvalue weighted by molar-refractivity contribution is 0.0984. The van der Waals surface area contributed by atoms with Crippen LogP contribution in [-0.2, 0) is 10.6 Å². The molecule has 5 heteroatoms. The van der Waals surface area contributed by atoms with E-state index in [0.29, 0.717) is 11.9 Å². The van der Waals surface area contributed by atoms with E-state index in [1.165, 1.54) is 0 Å². The van der Waals surface area contributed by atoms with Gasteiger partial charge in [0.15, 0.2) is 5.82 Å². The normalized spacial score (nSPS) is 21.7. The van der Waals surface area contributed by atoms with E-state index in [2.05, 4.69) is 22.0 Å². The van der Waals surface area contributed by atoms with Gasteiger partial charge in [-0.2, -0.15) is 5.10 Å². The summed E-state index contributed by atoms with van der Waals surface area (Å²) < 4.78 is 5.37. The highest BCUT2D eigenvalue weighted by atomic mass is 35.5. The molecule has 1 aromatic rings. The molecule has 0 spiro atoms. The third-order valence-corrected chi connectivity index (χ3v) is 2.78. The van der Waals surface area contributed by atoms with Crippen molar-refractivity contribution in [2.45, 2.75) is 18.8 Å². The molecule has 0 aliphatic carbocycles. The van der Waals surface area contributed by atoms with Gasteiger partial charge in [0.2, 0.25) is 0 Å². The van der Waals surface area contributed by atoms with Crippen molar-refractivity contribution in [3.05, 3.63) is 17.8 Å². The third-order valence-electron chi connectivity index (χ3n) is 2.50. The van der Waals surface area contributed by atoms with Crippen LogP contribution in [-0.4, -0.2) is 36.0 Å². The minimum Gasteiger partial charge on any atom is -0.377 e. The molecule has 0 aromatic carbocycles. The molecule has 1 aromatic heterocycles. The Bertz CT molecular complexity index is 317. The second-order valence-electron chi connectivity index (χ2n) is 3.63. The Hall–Kier alpha value is -0.870. The van der Waals surface area contributed by atoms with Crippen molar-refractivity contribution in [2.75, 3.05) is 24.7 Å². The summed E-state index contributed by atoms with van der Waals surface area (Å²) in [6.45, 7) is 4.49. The minimum absolute atomic E-state index is 0.356. The number of alkyl halides is 1. The van der Waals surface area contributed by atoms with Gasteiger partial charge < -0.3 is 9.64 Å². The van der Waals surface area contributed by atoms with E-state index in [1.807, 2.05) is 12.1 Å². The van der Waals surface area contributed by atoms with Gasteiger partial charge >= 0.3 is 0 Å². The molecule has 2 heterocycles. The first-order chi connectivity index (χ1) is 7.31. The summed E-state index contributed by atoms with van der Waals surface area (Å²) in [5.41, 5.74) is 0.807. The number of halogens is 1. The largest absolute Gasteiger partial charge is 0.377 e.